The number of rotatable bonds is 2. The molecule has 0 aliphatic carbocycles. The van der Waals surface area contributed by atoms with Crippen LogP contribution in [0.3, 0.4) is 0 Å². The van der Waals surface area contributed by atoms with Crippen LogP contribution in [0.15, 0.2) is 42.6 Å². The third-order valence-corrected chi connectivity index (χ3v) is 2.48. The Morgan fingerprint density at radius 3 is 2.50 bits per heavy atom. The molecule has 1 heterocycles. The number of hydrogen-bond acceptors (Lipinski definition) is 2. The fraction of sp³-hybridized carbons (Fsp3) is 0.143. The van der Waals surface area contributed by atoms with E-state index in [1.807, 2.05) is 18.2 Å². The van der Waals surface area contributed by atoms with Crippen molar-refractivity contribution >= 4 is 5.78 Å². The number of aryl methyl sites for hydroxylation is 1. The van der Waals surface area contributed by atoms with Crippen molar-refractivity contribution in [1.29, 1.82) is 0 Å². The van der Waals surface area contributed by atoms with Gasteiger partial charge in [-0.25, -0.2) is 0 Å². The molecular formula is C14H13NO. The van der Waals surface area contributed by atoms with Gasteiger partial charge in [0.25, 0.3) is 0 Å². The lowest BCUT2D eigenvalue weighted by atomic mass is 10.0. The van der Waals surface area contributed by atoms with E-state index in [0.29, 0.717) is 5.69 Å². The monoisotopic (exact) mass is 211 g/mol. The largest absolute Gasteiger partial charge is 0.293 e. The van der Waals surface area contributed by atoms with Crippen molar-refractivity contribution in [3.05, 3.63) is 53.9 Å². The van der Waals surface area contributed by atoms with Crippen molar-refractivity contribution < 1.29 is 4.79 Å². The maximum atomic E-state index is 11.1. The van der Waals surface area contributed by atoms with Crippen molar-refractivity contribution in [2.75, 3.05) is 0 Å². The molecule has 0 atom stereocenters. The van der Waals surface area contributed by atoms with Crippen molar-refractivity contribution in [2.24, 2.45) is 0 Å². The third-order valence-electron chi connectivity index (χ3n) is 2.48. The quantitative estimate of drug-likeness (QED) is 0.714. The van der Waals surface area contributed by atoms with Gasteiger partial charge in [0.2, 0.25) is 0 Å². The topological polar surface area (TPSA) is 30.0 Å². The highest BCUT2D eigenvalue weighted by atomic mass is 16.1. The summed E-state index contributed by atoms with van der Waals surface area (Å²) in [7, 11) is 0. The van der Waals surface area contributed by atoms with Crippen LogP contribution in [0.1, 0.15) is 23.0 Å². The minimum atomic E-state index is -0.00390. The molecule has 0 saturated carbocycles. The van der Waals surface area contributed by atoms with Gasteiger partial charge in [0.1, 0.15) is 5.69 Å². The molecule has 0 saturated heterocycles. The van der Waals surface area contributed by atoms with Crippen LogP contribution in [-0.2, 0) is 0 Å². The van der Waals surface area contributed by atoms with Gasteiger partial charge >= 0.3 is 0 Å². The Labute approximate surface area is 95.0 Å². The number of pyridine rings is 1. The zero-order valence-corrected chi connectivity index (χ0v) is 9.40. The summed E-state index contributed by atoms with van der Waals surface area (Å²) in [6.07, 6.45) is 1.74. The van der Waals surface area contributed by atoms with Gasteiger partial charge in [0, 0.05) is 18.7 Å². The van der Waals surface area contributed by atoms with E-state index in [-0.39, 0.29) is 5.78 Å². The Balaban J connectivity index is 2.38. The number of benzene rings is 1. The number of aromatic nitrogens is 1. The van der Waals surface area contributed by atoms with E-state index < -0.39 is 0 Å². The van der Waals surface area contributed by atoms with Crippen LogP contribution in [0.5, 0.6) is 0 Å². The molecule has 2 aromatic rings. The molecule has 2 nitrogen and oxygen atoms in total. The first-order valence-corrected chi connectivity index (χ1v) is 5.21. The van der Waals surface area contributed by atoms with Crippen LogP contribution in [0.2, 0.25) is 0 Å². The average molecular weight is 211 g/mol. The highest BCUT2D eigenvalue weighted by Gasteiger charge is 2.02. The second-order valence-corrected chi connectivity index (χ2v) is 3.86. The van der Waals surface area contributed by atoms with Crippen LogP contribution >= 0.6 is 0 Å². The second-order valence-electron chi connectivity index (χ2n) is 3.86. The Bertz CT molecular complexity index is 515. The molecule has 2 rings (SSSR count). The molecule has 80 valence electrons. The minimum Gasteiger partial charge on any atom is -0.293 e. The summed E-state index contributed by atoms with van der Waals surface area (Å²) < 4.78 is 0. The fourth-order valence-electron chi connectivity index (χ4n) is 1.60. The van der Waals surface area contributed by atoms with E-state index in [4.69, 9.17) is 0 Å². The van der Waals surface area contributed by atoms with Gasteiger partial charge in [-0.3, -0.25) is 9.78 Å². The lowest BCUT2D eigenvalue weighted by Crippen LogP contribution is -1.95. The lowest BCUT2D eigenvalue weighted by molar-refractivity contribution is 0.101. The van der Waals surface area contributed by atoms with Crippen LogP contribution in [0, 0.1) is 6.92 Å². The predicted octanol–water partition coefficient (Wildman–Crippen LogP) is 3.26. The summed E-state index contributed by atoms with van der Waals surface area (Å²) in [5, 5.41) is 0. The molecule has 0 aliphatic rings. The molecule has 0 bridgehead atoms. The Morgan fingerprint density at radius 1 is 1.12 bits per heavy atom. The standard InChI is InChI=1S/C14H13NO/c1-10-4-3-5-12(8-10)13-6-7-14(11(2)16)15-9-13/h3-9H,1-2H3. The molecule has 0 unspecified atom stereocenters. The van der Waals surface area contributed by atoms with Crippen LogP contribution in [0.25, 0.3) is 11.1 Å². The van der Waals surface area contributed by atoms with Crippen molar-refractivity contribution in [2.45, 2.75) is 13.8 Å². The molecule has 2 heteroatoms. The molecule has 0 radical (unpaired) electrons. The highest BCUT2D eigenvalue weighted by Crippen LogP contribution is 2.19. The number of hydrogen-bond donors (Lipinski definition) is 0. The summed E-state index contributed by atoms with van der Waals surface area (Å²) in [5.41, 5.74) is 3.89. The average Bonchev–Trinajstić information content (AvgIpc) is 2.29. The number of Topliss-reactive ketones (excluding diaryl/α,β-unsaturated/α-hetero) is 1. The van der Waals surface area contributed by atoms with E-state index in [0.717, 1.165) is 11.1 Å². The molecule has 1 aromatic carbocycles. The van der Waals surface area contributed by atoms with Crippen LogP contribution < -0.4 is 0 Å². The Morgan fingerprint density at radius 2 is 1.94 bits per heavy atom. The van der Waals surface area contributed by atoms with Crippen LogP contribution in [-0.4, -0.2) is 10.8 Å². The van der Waals surface area contributed by atoms with E-state index >= 15 is 0 Å². The van der Waals surface area contributed by atoms with E-state index in [1.165, 1.54) is 12.5 Å². The van der Waals surface area contributed by atoms with Gasteiger partial charge in [-0.2, -0.15) is 0 Å². The predicted molar refractivity (Wildman–Crippen MR) is 64.4 cm³/mol. The molecular weight excluding hydrogens is 198 g/mol. The molecule has 16 heavy (non-hydrogen) atoms. The zero-order chi connectivity index (χ0) is 11.5. The third kappa shape index (κ3) is 2.16. The van der Waals surface area contributed by atoms with Gasteiger partial charge in [-0.1, -0.05) is 35.9 Å². The van der Waals surface area contributed by atoms with E-state index in [2.05, 4.69) is 24.0 Å². The smallest absolute Gasteiger partial charge is 0.178 e. The summed E-state index contributed by atoms with van der Waals surface area (Å²) in [6, 6.07) is 11.9. The number of carbonyl (C=O) groups is 1. The Kier molecular flexibility index (Phi) is 2.82. The second kappa shape index (κ2) is 4.27. The summed E-state index contributed by atoms with van der Waals surface area (Å²) in [5.74, 6) is -0.00390. The Hall–Kier alpha value is -1.96. The SMILES string of the molecule is CC(=O)c1ccc(-c2cccc(C)c2)cn1. The van der Waals surface area contributed by atoms with Gasteiger partial charge in [0.15, 0.2) is 5.78 Å². The van der Waals surface area contributed by atoms with Crippen molar-refractivity contribution in [3.8, 4) is 11.1 Å². The van der Waals surface area contributed by atoms with Crippen molar-refractivity contribution in [1.82, 2.24) is 4.98 Å². The number of nitrogens with zero attached hydrogens (tertiary/aromatic N) is 1. The van der Waals surface area contributed by atoms with Gasteiger partial charge in [0.05, 0.1) is 0 Å². The van der Waals surface area contributed by atoms with E-state index in [1.54, 1.807) is 12.3 Å². The van der Waals surface area contributed by atoms with Gasteiger partial charge in [-0.05, 0) is 18.6 Å². The maximum Gasteiger partial charge on any atom is 0.178 e. The number of carbonyl (C=O) groups excluding carboxylic acids is 1. The van der Waals surface area contributed by atoms with Gasteiger partial charge < -0.3 is 0 Å². The normalized spacial score (nSPS) is 10.1. The van der Waals surface area contributed by atoms with Crippen LogP contribution in [0.4, 0.5) is 0 Å². The first-order chi connectivity index (χ1) is 7.66. The first kappa shape index (κ1) is 10.6. The first-order valence-electron chi connectivity index (χ1n) is 5.21. The molecule has 0 aliphatic heterocycles. The molecule has 0 N–H and O–H groups in total. The molecule has 0 amide bonds. The van der Waals surface area contributed by atoms with Gasteiger partial charge in [-0.15, -0.1) is 0 Å². The number of ketones is 1. The highest BCUT2D eigenvalue weighted by molar-refractivity contribution is 5.92. The maximum absolute atomic E-state index is 11.1. The zero-order valence-electron chi connectivity index (χ0n) is 9.40. The molecule has 1 aromatic heterocycles. The molecule has 0 fully saturated rings. The lowest BCUT2D eigenvalue weighted by Gasteiger charge is -2.03. The molecule has 0 spiro atoms. The fourth-order valence-corrected chi connectivity index (χ4v) is 1.60. The summed E-state index contributed by atoms with van der Waals surface area (Å²) in [6.45, 7) is 3.58. The minimum absolute atomic E-state index is 0.00390. The van der Waals surface area contributed by atoms with E-state index in [9.17, 15) is 4.79 Å². The van der Waals surface area contributed by atoms with Crippen molar-refractivity contribution in [3.63, 3.8) is 0 Å². The summed E-state index contributed by atoms with van der Waals surface area (Å²) >= 11 is 0. The summed E-state index contributed by atoms with van der Waals surface area (Å²) in [4.78, 5) is 15.2.